The highest BCUT2D eigenvalue weighted by molar-refractivity contribution is 7.85. The van der Waals surface area contributed by atoms with E-state index < -0.39 is 10.1 Å². The first kappa shape index (κ1) is 13.2. The minimum Gasteiger partial charge on any atom is -0.460 e. The summed E-state index contributed by atoms with van der Waals surface area (Å²) in [5.74, 6) is -0.127. The maximum atomic E-state index is 10.8. The number of aromatic nitrogens is 2. The summed E-state index contributed by atoms with van der Waals surface area (Å²) < 4.78 is 35.9. The first-order valence-electron chi connectivity index (χ1n) is 5.92. The number of ether oxygens (including phenoxy) is 1. The van der Waals surface area contributed by atoms with E-state index in [2.05, 4.69) is 9.97 Å². The Morgan fingerprint density at radius 1 is 1.22 bits per heavy atom. The summed E-state index contributed by atoms with van der Waals surface area (Å²) in [4.78, 5) is 7.96. The molecule has 1 aliphatic rings. The second-order valence-electron chi connectivity index (χ2n) is 4.54. The van der Waals surface area contributed by atoms with Gasteiger partial charge in [0.25, 0.3) is 10.1 Å². The minimum absolute atomic E-state index is 0.0246. The molecule has 0 aliphatic heterocycles. The molecule has 0 amide bonds. The maximum Gasteiger partial charge on any atom is 0.316 e. The van der Waals surface area contributed by atoms with Crippen LogP contribution in [0.2, 0.25) is 0 Å². The van der Waals surface area contributed by atoms with Crippen LogP contribution >= 0.6 is 0 Å². The van der Waals surface area contributed by atoms with E-state index >= 15 is 0 Å². The van der Waals surface area contributed by atoms with Gasteiger partial charge in [0.05, 0.1) is 5.75 Å². The van der Waals surface area contributed by atoms with Crippen LogP contribution in [0, 0.1) is 5.92 Å². The molecule has 0 bridgehead atoms. The third kappa shape index (κ3) is 4.23. The summed E-state index contributed by atoms with van der Waals surface area (Å²) in [6.45, 7) is 0. The van der Waals surface area contributed by atoms with E-state index in [1.165, 1.54) is 0 Å². The fraction of sp³-hybridized carbons (Fsp3) is 0.636. The van der Waals surface area contributed by atoms with E-state index in [4.69, 9.17) is 9.29 Å². The SMILES string of the molecule is O=S(=O)(O)CC1CCC(Oc2ncccn2)CC1. The Kier molecular flexibility index (Phi) is 4.13. The number of hydrogen-bond acceptors (Lipinski definition) is 5. The first-order valence-corrected chi connectivity index (χ1v) is 7.53. The van der Waals surface area contributed by atoms with Crippen molar-refractivity contribution in [3.05, 3.63) is 18.5 Å². The van der Waals surface area contributed by atoms with Crippen LogP contribution < -0.4 is 4.74 Å². The van der Waals surface area contributed by atoms with E-state index in [0.717, 1.165) is 25.7 Å². The lowest BCUT2D eigenvalue weighted by Gasteiger charge is -2.27. The fourth-order valence-corrected chi connectivity index (χ4v) is 3.14. The van der Waals surface area contributed by atoms with Gasteiger partial charge in [0.1, 0.15) is 6.10 Å². The number of rotatable bonds is 4. The van der Waals surface area contributed by atoms with Gasteiger partial charge in [-0.1, -0.05) is 0 Å². The predicted molar refractivity (Wildman–Crippen MR) is 64.8 cm³/mol. The van der Waals surface area contributed by atoms with Crippen LogP contribution in [0.1, 0.15) is 25.7 Å². The molecule has 6 nitrogen and oxygen atoms in total. The van der Waals surface area contributed by atoms with Crippen molar-refractivity contribution in [3.63, 3.8) is 0 Å². The van der Waals surface area contributed by atoms with Crippen molar-refractivity contribution in [1.82, 2.24) is 9.97 Å². The van der Waals surface area contributed by atoms with Crippen LogP contribution in [0.15, 0.2) is 18.5 Å². The highest BCUT2D eigenvalue weighted by Gasteiger charge is 2.26. The summed E-state index contributed by atoms with van der Waals surface area (Å²) >= 11 is 0. The molecule has 1 aliphatic carbocycles. The van der Waals surface area contributed by atoms with Crippen LogP contribution in [0.5, 0.6) is 6.01 Å². The van der Waals surface area contributed by atoms with Crippen LogP contribution in [0.25, 0.3) is 0 Å². The van der Waals surface area contributed by atoms with Gasteiger partial charge in [-0.3, -0.25) is 4.55 Å². The average molecular weight is 272 g/mol. The van der Waals surface area contributed by atoms with Crippen LogP contribution in [-0.2, 0) is 10.1 Å². The van der Waals surface area contributed by atoms with E-state index in [9.17, 15) is 8.42 Å². The molecule has 7 heteroatoms. The zero-order valence-electron chi connectivity index (χ0n) is 9.90. The van der Waals surface area contributed by atoms with Crippen LogP contribution in [-0.4, -0.2) is 34.8 Å². The lowest BCUT2D eigenvalue weighted by atomic mass is 9.89. The topological polar surface area (TPSA) is 89.4 Å². The Morgan fingerprint density at radius 2 is 1.83 bits per heavy atom. The van der Waals surface area contributed by atoms with Crippen molar-refractivity contribution < 1.29 is 17.7 Å². The fourth-order valence-electron chi connectivity index (χ4n) is 2.21. The summed E-state index contributed by atoms with van der Waals surface area (Å²) in [5.41, 5.74) is 0. The lowest BCUT2D eigenvalue weighted by Crippen LogP contribution is -2.28. The average Bonchev–Trinajstić information content (AvgIpc) is 2.31. The quantitative estimate of drug-likeness (QED) is 0.831. The van der Waals surface area contributed by atoms with E-state index in [1.807, 2.05) is 0 Å². The third-order valence-corrected chi connectivity index (χ3v) is 3.95. The maximum absolute atomic E-state index is 10.8. The Balaban J connectivity index is 1.80. The first-order chi connectivity index (χ1) is 8.53. The van der Waals surface area contributed by atoms with Gasteiger partial charge in [-0.15, -0.1) is 0 Å². The van der Waals surface area contributed by atoms with Crippen molar-refractivity contribution in [1.29, 1.82) is 0 Å². The highest BCUT2D eigenvalue weighted by Crippen LogP contribution is 2.27. The molecule has 1 fully saturated rings. The molecule has 1 heterocycles. The molecule has 0 atom stereocenters. The predicted octanol–water partition coefficient (Wildman–Crippen LogP) is 1.30. The normalized spacial score (nSPS) is 24.7. The summed E-state index contributed by atoms with van der Waals surface area (Å²) in [6.07, 6.45) is 6.26. The van der Waals surface area contributed by atoms with E-state index in [1.54, 1.807) is 18.5 Å². The molecule has 100 valence electrons. The lowest BCUT2D eigenvalue weighted by molar-refractivity contribution is 0.124. The van der Waals surface area contributed by atoms with Crippen molar-refractivity contribution in [2.24, 2.45) is 5.92 Å². The van der Waals surface area contributed by atoms with Gasteiger partial charge in [-0.25, -0.2) is 9.97 Å². The van der Waals surface area contributed by atoms with E-state index in [0.29, 0.717) is 6.01 Å². The zero-order valence-corrected chi connectivity index (χ0v) is 10.7. The molecule has 0 radical (unpaired) electrons. The zero-order chi connectivity index (χ0) is 13.0. The third-order valence-electron chi connectivity index (χ3n) is 3.05. The van der Waals surface area contributed by atoms with Crippen molar-refractivity contribution in [3.8, 4) is 6.01 Å². The molecule has 0 aromatic carbocycles. The van der Waals surface area contributed by atoms with Crippen molar-refractivity contribution in [2.75, 3.05) is 5.75 Å². The molecule has 0 spiro atoms. The standard InChI is InChI=1S/C11H16N2O4S/c14-18(15,16)8-9-2-4-10(5-3-9)17-11-12-6-1-7-13-11/h1,6-7,9-10H,2-5,8H2,(H,14,15,16). The van der Waals surface area contributed by atoms with Gasteiger partial charge >= 0.3 is 6.01 Å². The van der Waals surface area contributed by atoms with Crippen LogP contribution in [0.3, 0.4) is 0 Å². The van der Waals surface area contributed by atoms with E-state index in [-0.39, 0.29) is 17.8 Å². The second-order valence-corrected chi connectivity index (χ2v) is 6.04. The van der Waals surface area contributed by atoms with Crippen molar-refractivity contribution in [2.45, 2.75) is 31.8 Å². The van der Waals surface area contributed by atoms with Gasteiger partial charge in [0, 0.05) is 12.4 Å². The number of hydrogen-bond donors (Lipinski definition) is 1. The largest absolute Gasteiger partial charge is 0.460 e. The Bertz CT molecular complexity index is 469. The van der Waals surface area contributed by atoms with Crippen LogP contribution in [0.4, 0.5) is 0 Å². The Labute approximate surface area is 106 Å². The molecule has 1 saturated carbocycles. The monoisotopic (exact) mass is 272 g/mol. The smallest absolute Gasteiger partial charge is 0.316 e. The van der Waals surface area contributed by atoms with Gasteiger partial charge in [0.15, 0.2) is 0 Å². The van der Waals surface area contributed by atoms with Gasteiger partial charge in [-0.05, 0) is 37.7 Å². The van der Waals surface area contributed by atoms with Gasteiger partial charge in [0.2, 0.25) is 0 Å². The molecule has 0 unspecified atom stereocenters. The summed E-state index contributed by atoms with van der Waals surface area (Å²) in [7, 11) is -3.87. The van der Waals surface area contributed by atoms with Gasteiger partial charge in [-0.2, -0.15) is 8.42 Å². The van der Waals surface area contributed by atoms with Crippen molar-refractivity contribution >= 4 is 10.1 Å². The Morgan fingerprint density at radius 3 is 2.39 bits per heavy atom. The molecule has 0 saturated heterocycles. The summed E-state index contributed by atoms with van der Waals surface area (Å²) in [5, 5.41) is 0. The highest BCUT2D eigenvalue weighted by atomic mass is 32.2. The molecule has 1 N–H and O–H groups in total. The molecule has 1 aromatic heterocycles. The second kappa shape index (κ2) is 5.62. The van der Waals surface area contributed by atoms with Gasteiger partial charge < -0.3 is 4.74 Å². The minimum atomic E-state index is -3.87. The molecule has 2 rings (SSSR count). The molecular weight excluding hydrogens is 256 g/mol. The molecular formula is C11H16N2O4S. The Hall–Kier alpha value is -1.21. The number of nitrogens with zero attached hydrogens (tertiary/aromatic N) is 2. The molecule has 18 heavy (non-hydrogen) atoms. The summed E-state index contributed by atoms with van der Waals surface area (Å²) in [6, 6.07) is 2.08. The molecule has 1 aromatic rings.